The number of rotatable bonds is 5. The summed E-state index contributed by atoms with van der Waals surface area (Å²) in [7, 11) is 0. The zero-order valence-electron chi connectivity index (χ0n) is 8.52. The van der Waals surface area contributed by atoms with Gasteiger partial charge in [0.1, 0.15) is 6.29 Å². The molecule has 0 N–H and O–H groups in total. The summed E-state index contributed by atoms with van der Waals surface area (Å²) in [5, 5.41) is 0. The molecule has 1 aromatic rings. The minimum absolute atomic E-state index is 0.0513. The molecule has 1 rings (SSSR count). The summed E-state index contributed by atoms with van der Waals surface area (Å²) in [4.78, 5) is 10.8. The molecule has 1 heteroatoms. The number of carbonyl (C=O) groups excluding carboxylic acids is 1. The van der Waals surface area contributed by atoms with E-state index in [4.69, 9.17) is 0 Å². The van der Waals surface area contributed by atoms with Crippen molar-refractivity contribution in [3.63, 3.8) is 0 Å². The minimum atomic E-state index is 0.0513. The molecular formula is C13H16O. The molecule has 0 saturated heterocycles. The van der Waals surface area contributed by atoms with Crippen molar-refractivity contribution in [2.75, 3.05) is 0 Å². The third-order valence-corrected chi connectivity index (χ3v) is 2.50. The van der Waals surface area contributed by atoms with Gasteiger partial charge in [0.25, 0.3) is 0 Å². The van der Waals surface area contributed by atoms with Crippen molar-refractivity contribution >= 4 is 6.29 Å². The molecular weight excluding hydrogens is 172 g/mol. The summed E-state index contributed by atoms with van der Waals surface area (Å²) < 4.78 is 0. The van der Waals surface area contributed by atoms with Crippen LogP contribution in [0.25, 0.3) is 0 Å². The summed E-state index contributed by atoms with van der Waals surface area (Å²) in [6, 6.07) is 10.1. The Morgan fingerprint density at radius 1 is 1.36 bits per heavy atom. The first-order valence-electron chi connectivity index (χ1n) is 4.90. The van der Waals surface area contributed by atoms with Gasteiger partial charge in [0.2, 0.25) is 0 Å². The van der Waals surface area contributed by atoms with Crippen LogP contribution in [0.5, 0.6) is 0 Å². The van der Waals surface area contributed by atoms with Gasteiger partial charge in [-0.15, -0.1) is 6.58 Å². The maximum Gasteiger partial charge on any atom is 0.123 e. The lowest BCUT2D eigenvalue weighted by atomic mass is 9.85. The van der Waals surface area contributed by atoms with Gasteiger partial charge in [-0.1, -0.05) is 43.3 Å². The third kappa shape index (κ3) is 2.56. The van der Waals surface area contributed by atoms with Gasteiger partial charge >= 0.3 is 0 Å². The molecule has 0 fully saturated rings. The Kier molecular flexibility index (Phi) is 4.11. The second-order valence-corrected chi connectivity index (χ2v) is 3.54. The number of hydrogen-bond donors (Lipinski definition) is 0. The average Bonchev–Trinajstić information content (AvgIpc) is 2.26. The van der Waals surface area contributed by atoms with Crippen LogP contribution in [0.1, 0.15) is 24.8 Å². The second kappa shape index (κ2) is 5.38. The van der Waals surface area contributed by atoms with Gasteiger partial charge in [-0.25, -0.2) is 0 Å². The third-order valence-electron chi connectivity index (χ3n) is 2.50. The highest BCUT2D eigenvalue weighted by Crippen LogP contribution is 2.26. The van der Waals surface area contributed by atoms with E-state index in [-0.39, 0.29) is 11.8 Å². The quantitative estimate of drug-likeness (QED) is 0.512. The number of hydrogen-bond acceptors (Lipinski definition) is 1. The van der Waals surface area contributed by atoms with E-state index in [1.807, 2.05) is 31.2 Å². The van der Waals surface area contributed by atoms with Crippen molar-refractivity contribution in [3.05, 3.63) is 48.6 Å². The molecule has 0 saturated carbocycles. The SMILES string of the molecule is C=CCC(c1ccccc1)C(C)C=O. The molecule has 0 amide bonds. The molecule has 1 aromatic carbocycles. The molecule has 0 heterocycles. The molecule has 74 valence electrons. The Balaban J connectivity index is 2.87. The Bertz CT molecular complexity index is 289. The zero-order chi connectivity index (χ0) is 10.4. The van der Waals surface area contributed by atoms with E-state index in [1.165, 1.54) is 5.56 Å². The molecule has 0 aromatic heterocycles. The van der Waals surface area contributed by atoms with E-state index >= 15 is 0 Å². The average molecular weight is 188 g/mol. The maximum absolute atomic E-state index is 10.8. The number of benzene rings is 1. The number of allylic oxidation sites excluding steroid dienone is 1. The smallest absolute Gasteiger partial charge is 0.123 e. The molecule has 0 aliphatic carbocycles. The van der Waals surface area contributed by atoms with Crippen LogP contribution in [0.4, 0.5) is 0 Å². The van der Waals surface area contributed by atoms with Crippen molar-refractivity contribution in [2.24, 2.45) is 5.92 Å². The van der Waals surface area contributed by atoms with Gasteiger partial charge in [-0.2, -0.15) is 0 Å². The molecule has 0 aliphatic rings. The van der Waals surface area contributed by atoms with Gasteiger partial charge in [0.15, 0.2) is 0 Å². The van der Waals surface area contributed by atoms with E-state index in [1.54, 1.807) is 0 Å². The van der Waals surface area contributed by atoms with Crippen LogP contribution in [0, 0.1) is 5.92 Å². The highest BCUT2D eigenvalue weighted by molar-refractivity contribution is 5.55. The van der Waals surface area contributed by atoms with Gasteiger partial charge in [-0.3, -0.25) is 0 Å². The van der Waals surface area contributed by atoms with Crippen molar-refractivity contribution < 1.29 is 4.79 Å². The number of aldehydes is 1. The summed E-state index contributed by atoms with van der Waals surface area (Å²) in [5.41, 5.74) is 1.21. The molecule has 2 unspecified atom stereocenters. The molecule has 0 spiro atoms. The fourth-order valence-corrected chi connectivity index (χ4v) is 1.63. The summed E-state index contributed by atoms with van der Waals surface area (Å²) in [5.74, 6) is 0.321. The van der Waals surface area contributed by atoms with Crippen molar-refractivity contribution in [3.8, 4) is 0 Å². The normalized spacial score (nSPS) is 14.4. The van der Waals surface area contributed by atoms with Crippen molar-refractivity contribution in [1.82, 2.24) is 0 Å². The van der Waals surface area contributed by atoms with Crippen LogP contribution in [0.2, 0.25) is 0 Å². The fourth-order valence-electron chi connectivity index (χ4n) is 1.63. The first-order valence-corrected chi connectivity index (χ1v) is 4.90. The van der Waals surface area contributed by atoms with E-state index in [0.717, 1.165) is 12.7 Å². The summed E-state index contributed by atoms with van der Waals surface area (Å²) in [6.07, 6.45) is 3.74. The molecule has 0 radical (unpaired) electrons. The topological polar surface area (TPSA) is 17.1 Å². The lowest BCUT2D eigenvalue weighted by molar-refractivity contribution is -0.111. The van der Waals surface area contributed by atoms with Crippen molar-refractivity contribution in [1.29, 1.82) is 0 Å². The standard InChI is InChI=1S/C13H16O/c1-3-7-13(11(2)10-14)12-8-5-4-6-9-12/h3-6,8-11,13H,1,7H2,2H3. The van der Waals surface area contributed by atoms with Gasteiger partial charge in [-0.05, 0) is 17.9 Å². The monoisotopic (exact) mass is 188 g/mol. The highest BCUT2D eigenvalue weighted by Gasteiger charge is 2.16. The van der Waals surface area contributed by atoms with Crippen molar-refractivity contribution in [2.45, 2.75) is 19.3 Å². The van der Waals surface area contributed by atoms with E-state index < -0.39 is 0 Å². The molecule has 14 heavy (non-hydrogen) atoms. The molecule has 2 atom stereocenters. The molecule has 0 bridgehead atoms. The molecule has 0 aliphatic heterocycles. The summed E-state index contributed by atoms with van der Waals surface area (Å²) >= 11 is 0. The largest absolute Gasteiger partial charge is 0.303 e. The highest BCUT2D eigenvalue weighted by atomic mass is 16.1. The predicted molar refractivity (Wildman–Crippen MR) is 59.2 cm³/mol. The molecule has 1 nitrogen and oxygen atoms in total. The fraction of sp³-hybridized carbons (Fsp3) is 0.308. The second-order valence-electron chi connectivity index (χ2n) is 3.54. The number of carbonyl (C=O) groups is 1. The van der Waals surface area contributed by atoms with Crippen LogP contribution in [-0.4, -0.2) is 6.29 Å². The van der Waals surface area contributed by atoms with Crippen LogP contribution in [-0.2, 0) is 4.79 Å². The Morgan fingerprint density at radius 2 is 2.00 bits per heavy atom. The lowest BCUT2D eigenvalue weighted by Crippen LogP contribution is -2.10. The van der Waals surface area contributed by atoms with Crippen LogP contribution >= 0.6 is 0 Å². The zero-order valence-corrected chi connectivity index (χ0v) is 8.52. The van der Waals surface area contributed by atoms with Gasteiger partial charge in [0.05, 0.1) is 0 Å². The van der Waals surface area contributed by atoms with Crippen LogP contribution in [0.15, 0.2) is 43.0 Å². The Hall–Kier alpha value is -1.37. The maximum atomic E-state index is 10.8. The van der Waals surface area contributed by atoms with Crippen LogP contribution < -0.4 is 0 Å². The predicted octanol–water partition coefficient (Wildman–Crippen LogP) is 3.18. The summed E-state index contributed by atoms with van der Waals surface area (Å²) in [6.45, 7) is 5.68. The van der Waals surface area contributed by atoms with E-state index in [2.05, 4.69) is 18.7 Å². The van der Waals surface area contributed by atoms with E-state index in [9.17, 15) is 4.79 Å². The van der Waals surface area contributed by atoms with E-state index in [0.29, 0.717) is 0 Å². The first kappa shape index (κ1) is 10.7. The first-order chi connectivity index (χ1) is 6.79. The Labute approximate surface area is 85.5 Å². The van der Waals surface area contributed by atoms with Crippen LogP contribution in [0.3, 0.4) is 0 Å². The Morgan fingerprint density at radius 3 is 2.50 bits per heavy atom. The van der Waals surface area contributed by atoms with Gasteiger partial charge in [0, 0.05) is 5.92 Å². The minimum Gasteiger partial charge on any atom is -0.303 e. The lowest BCUT2D eigenvalue weighted by Gasteiger charge is -2.18. The van der Waals surface area contributed by atoms with Gasteiger partial charge < -0.3 is 4.79 Å².